The largest absolute Gasteiger partial charge is 0.378 e. The smallest absolute Gasteiger partial charge is 0.220 e. The number of amides is 1. The van der Waals surface area contributed by atoms with Crippen molar-refractivity contribution in [3.63, 3.8) is 0 Å². The van der Waals surface area contributed by atoms with Gasteiger partial charge in [0.2, 0.25) is 5.91 Å². The first-order valence-corrected chi connectivity index (χ1v) is 8.57. The zero-order chi connectivity index (χ0) is 17.5. The highest BCUT2D eigenvalue weighted by molar-refractivity contribution is 9.10. The van der Waals surface area contributed by atoms with Gasteiger partial charge < -0.3 is 10.2 Å². The molecular formula is C19H21BrN2O2. The predicted molar refractivity (Wildman–Crippen MR) is 100 cm³/mol. The van der Waals surface area contributed by atoms with E-state index < -0.39 is 0 Å². The molecule has 126 valence electrons. The van der Waals surface area contributed by atoms with Gasteiger partial charge in [0.15, 0.2) is 5.78 Å². The molecule has 5 heteroatoms. The Hall–Kier alpha value is -2.14. The van der Waals surface area contributed by atoms with E-state index in [1.165, 1.54) is 0 Å². The lowest BCUT2D eigenvalue weighted by atomic mass is 10.1. The summed E-state index contributed by atoms with van der Waals surface area (Å²) in [7, 11) is 3.97. The van der Waals surface area contributed by atoms with Crippen LogP contribution in [0.3, 0.4) is 0 Å². The summed E-state index contributed by atoms with van der Waals surface area (Å²) in [6.07, 6.45) is 0.414. The number of benzene rings is 2. The summed E-state index contributed by atoms with van der Waals surface area (Å²) in [6, 6.07) is 15.2. The molecule has 1 N–H and O–H groups in total. The van der Waals surface area contributed by atoms with E-state index in [1.807, 2.05) is 55.4 Å². The van der Waals surface area contributed by atoms with Crippen LogP contribution in [-0.4, -0.2) is 25.8 Å². The van der Waals surface area contributed by atoms with Crippen molar-refractivity contribution in [2.75, 3.05) is 19.0 Å². The first kappa shape index (κ1) is 18.2. The molecule has 2 aromatic rings. The lowest BCUT2D eigenvalue weighted by Gasteiger charge is -2.13. The van der Waals surface area contributed by atoms with Crippen molar-refractivity contribution >= 4 is 33.3 Å². The molecule has 0 radical (unpaired) electrons. The molecular weight excluding hydrogens is 368 g/mol. The summed E-state index contributed by atoms with van der Waals surface area (Å²) < 4.78 is 0.928. The molecule has 0 aliphatic carbocycles. The minimum atomic E-state index is -0.114. The summed E-state index contributed by atoms with van der Waals surface area (Å²) in [5, 5.41) is 2.85. The fourth-order valence-electron chi connectivity index (χ4n) is 2.21. The zero-order valence-electron chi connectivity index (χ0n) is 13.9. The van der Waals surface area contributed by atoms with Crippen LogP contribution in [0.25, 0.3) is 0 Å². The Kier molecular flexibility index (Phi) is 6.55. The number of nitrogens with zero attached hydrogens (tertiary/aromatic N) is 1. The summed E-state index contributed by atoms with van der Waals surface area (Å²) >= 11 is 3.33. The van der Waals surface area contributed by atoms with Crippen molar-refractivity contribution in [2.24, 2.45) is 0 Å². The van der Waals surface area contributed by atoms with Crippen LogP contribution < -0.4 is 10.2 Å². The van der Waals surface area contributed by atoms with E-state index in [0.29, 0.717) is 12.1 Å². The lowest BCUT2D eigenvalue weighted by molar-refractivity contribution is -0.121. The molecule has 2 rings (SSSR count). The average Bonchev–Trinajstić information content (AvgIpc) is 2.58. The Bertz CT molecular complexity index is 694. The van der Waals surface area contributed by atoms with Gasteiger partial charge in [-0.1, -0.05) is 40.2 Å². The molecule has 0 saturated carbocycles. The minimum absolute atomic E-state index is 0.0204. The van der Waals surface area contributed by atoms with Gasteiger partial charge >= 0.3 is 0 Å². The molecule has 2 aromatic carbocycles. The highest BCUT2D eigenvalue weighted by Crippen LogP contribution is 2.13. The van der Waals surface area contributed by atoms with Crippen molar-refractivity contribution in [1.82, 2.24) is 5.32 Å². The average molecular weight is 389 g/mol. The number of halogens is 1. The number of carbonyl (C=O) groups is 2. The molecule has 0 heterocycles. The highest BCUT2D eigenvalue weighted by atomic mass is 79.9. The Balaban J connectivity index is 1.77. The number of anilines is 1. The number of hydrogen-bond acceptors (Lipinski definition) is 3. The van der Waals surface area contributed by atoms with Crippen molar-refractivity contribution in [1.29, 1.82) is 0 Å². The van der Waals surface area contributed by atoms with E-state index in [4.69, 9.17) is 0 Å². The van der Waals surface area contributed by atoms with E-state index in [9.17, 15) is 9.59 Å². The van der Waals surface area contributed by atoms with Crippen LogP contribution in [-0.2, 0) is 11.3 Å². The maximum Gasteiger partial charge on any atom is 0.220 e. The maximum atomic E-state index is 12.0. The van der Waals surface area contributed by atoms with Crippen LogP contribution in [0.5, 0.6) is 0 Å². The van der Waals surface area contributed by atoms with Crippen molar-refractivity contribution < 1.29 is 9.59 Å². The highest BCUT2D eigenvalue weighted by Gasteiger charge is 2.09. The second-order valence-corrected chi connectivity index (χ2v) is 6.68. The van der Waals surface area contributed by atoms with Crippen molar-refractivity contribution in [3.05, 3.63) is 64.1 Å². The van der Waals surface area contributed by atoms with Crippen LogP contribution in [0.1, 0.15) is 28.8 Å². The molecule has 0 atom stereocenters. The van der Waals surface area contributed by atoms with Gasteiger partial charge in [-0.15, -0.1) is 0 Å². The van der Waals surface area contributed by atoms with E-state index in [0.717, 1.165) is 15.7 Å². The van der Waals surface area contributed by atoms with Gasteiger partial charge in [0.25, 0.3) is 0 Å². The summed E-state index contributed by atoms with van der Waals surface area (Å²) in [6.45, 7) is 0.471. The second kappa shape index (κ2) is 8.64. The number of Topliss-reactive ketones (excluding diaryl/α,β-unsaturated/α-hetero) is 1. The second-order valence-electron chi connectivity index (χ2n) is 5.77. The molecule has 24 heavy (non-hydrogen) atoms. The fraction of sp³-hybridized carbons (Fsp3) is 0.263. The Labute approximate surface area is 151 Å². The molecule has 0 aliphatic heterocycles. The monoisotopic (exact) mass is 388 g/mol. The van der Waals surface area contributed by atoms with Gasteiger partial charge in [-0.2, -0.15) is 0 Å². The number of rotatable bonds is 7. The molecule has 4 nitrogen and oxygen atoms in total. The van der Waals surface area contributed by atoms with Gasteiger partial charge in [-0.3, -0.25) is 9.59 Å². The molecule has 0 saturated heterocycles. The van der Waals surface area contributed by atoms with Gasteiger partial charge in [0, 0.05) is 49.2 Å². The van der Waals surface area contributed by atoms with Crippen molar-refractivity contribution in [3.8, 4) is 0 Å². The van der Waals surface area contributed by atoms with Gasteiger partial charge in [-0.25, -0.2) is 0 Å². The SMILES string of the molecule is CN(C)c1ccc(CNC(=O)CCC(=O)c2ccc(Br)cc2)cc1. The Morgan fingerprint density at radius 2 is 1.58 bits per heavy atom. The first-order valence-electron chi connectivity index (χ1n) is 7.77. The first-order chi connectivity index (χ1) is 11.5. The van der Waals surface area contributed by atoms with Gasteiger partial charge in [0.05, 0.1) is 0 Å². The molecule has 0 unspecified atom stereocenters. The maximum absolute atomic E-state index is 12.0. The topological polar surface area (TPSA) is 49.4 Å². The summed E-state index contributed by atoms with van der Waals surface area (Å²) in [5.41, 5.74) is 2.78. The zero-order valence-corrected chi connectivity index (χ0v) is 15.5. The molecule has 0 aromatic heterocycles. The van der Waals surface area contributed by atoms with E-state index >= 15 is 0 Å². The third-order valence-electron chi connectivity index (χ3n) is 3.69. The minimum Gasteiger partial charge on any atom is -0.378 e. The van der Waals surface area contributed by atoms with Crippen LogP contribution in [0.4, 0.5) is 5.69 Å². The molecule has 0 bridgehead atoms. The standard InChI is InChI=1S/C19H21BrN2O2/c1-22(2)17-9-3-14(4-10-17)13-21-19(24)12-11-18(23)15-5-7-16(20)8-6-15/h3-10H,11-13H2,1-2H3,(H,21,24). The third kappa shape index (κ3) is 5.49. The van der Waals surface area contributed by atoms with E-state index in [1.54, 1.807) is 12.1 Å². The van der Waals surface area contributed by atoms with Crippen LogP contribution in [0.2, 0.25) is 0 Å². The van der Waals surface area contributed by atoms with Crippen LogP contribution in [0.15, 0.2) is 53.0 Å². The quantitative estimate of drug-likeness (QED) is 0.733. The third-order valence-corrected chi connectivity index (χ3v) is 4.22. The number of ketones is 1. The summed E-state index contributed by atoms with van der Waals surface area (Å²) in [4.78, 5) is 26.0. The van der Waals surface area contributed by atoms with Crippen LogP contribution in [0, 0.1) is 0 Å². The van der Waals surface area contributed by atoms with Crippen molar-refractivity contribution in [2.45, 2.75) is 19.4 Å². The number of hydrogen-bond donors (Lipinski definition) is 1. The number of carbonyl (C=O) groups excluding carboxylic acids is 2. The fourth-order valence-corrected chi connectivity index (χ4v) is 2.47. The molecule has 0 spiro atoms. The summed E-state index contributed by atoms with van der Waals surface area (Å²) in [5.74, 6) is -0.134. The van der Waals surface area contributed by atoms with Gasteiger partial charge in [-0.05, 0) is 29.8 Å². The molecule has 0 aliphatic rings. The number of nitrogens with one attached hydrogen (secondary N) is 1. The van der Waals surface area contributed by atoms with E-state index in [2.05, 4.69) is 21.2 Å². The van der Waals surface area contributed by atoms with Gasteiger partial charge in [0.1, 0.15) is 0 Å². The predicted octanol–water partition coefficient (Wildman–Crippen LogP) is 3.79. The Morgan fingerprint density at radius 1 is 0.958 bits per heavy atom. The van der Waals surface area contributed by atoms with E-state index in [-0.39, 0.29) is 24.5 Å². The van der Waals surface area contributed by atoms with Crippen LogP contribution >= 0.6 is 15.9 Å². The Morgan fingerprint density at radius 3 is 2.17 bits per heavy atom. The lowest BCUT2D eigenvalue weighted by Crippen LogP contribution is -2.23. The molecule has 1 amide bonds. The normalized spacial score (nSPS) is 10.3. The molecule has 0 fully saturated rings.